The van der Waals surface area contributed by atoms with Crippen molar-refractivity contribution in [1.29, 1.82) is 0 Å². The first-order valence-corrected chi connectivity index (χ1v) is 22.3. The first kappa shape index (κ1) is 17.8. The molecule has 0 bridgehead atoms. The van der Waals surface area contributed by atoms with Crippen molar-refractivity contribution < 1.29 is 63.7 Å². The third-order valence-electron chi connectivity index (χ3n) is 13.1. The average Bonchev–Trinajstić information content (AvgIpc) is 0.993. The molecule has 0 aliphatic carbocycles. The van der Waals surface area contributed by atoms with Crippen LogP contribution >= 0.6 is 0 Å². The summed E-state index contributed by atoms with van der Waals surface area (Å²) in [5.41, 5.74) is -14.2. The summed E-state index contributed by atoms with van der Waals surface area (Å²) in [6.45, 7) is 0. The topological polar surface area (TPSA) is 26.3 Å². The van der Waals surface area contributed by atoms with Gasteiger partial charge in [0.2, 0.25) is 0 Å². The Balaban J connectivity index is 1.16. The van der Waals surface area contributed by atoms with Crippen LogP contribution in [-0.2, 0) is 0 Å². The number of rotatable bonds is 5. The van der Waals surface area contributed by atoms with Gasteiger partial charge in [-0.2, -0.15) is 0 Å². The Morgan fingerprint density at radius 3 is 1.12 bits per heavy atom. The van der Waals surface area contributed by atoms with Gasteiger partial charge in [0.15, 0.2) is 0 Å². The summed E-state index contributed by atoms with van der Waals surface area (Å²) in [4.78, 5) is 0. The van der Waals surface area contributed by atoms with Crippen LogP contribution in [0.3, 0.4) is 0 Å². The molecule has 0 saturated carbocycles. The molecule has 0 amide bonds. The minimum absolute atomic E-state index is 0.444. The average molecular weight is 977 g/mol. The predicted octanol–water partition coefficient (Wildman–Crippen LogP) is 20.8. The second-order valence-electron chi connectivity index (χ2n) is 17.0. The van der Waals surface area contributed by atoms with Crippen LogP contribution in [0.4, 0.5) is 0 Å². The standard InChI is InChI=1S/C72H40O2/c1-2-16-53-41(10-1)11-9-19-54(53)52-35-48(50-37-61(71-63(39-50)57-17-3-5-20-65(57)73-71)55-30-26-46-24-22-42-12-7-14-44-28-32-59(55)69(46)67(42)44)34-49(36-52)51-38-62(72-64(40-51)58-18-4-6-21-66(58)74-72)56-31-27-47-25-23-43-13-8-15-45-29-33-60(56)70(47)68(43)45/h1-40H/i1D,2D,3D,4D,5D,6D,7D,8D,9D,10D,11D,12D,13D,14D,15D,16D,17D,18D,19D,20D,21D,22D,23D,24D,25D,26D,27D,28D,29D,30D,31D,32D,33D,34D,35D,36D,37D,38D,39D,40D. The van der Waals surface area contributed by atoms with Gasteiger partial charge in [-0.05, 0) is 174 Å². The summed E-state index contributed by atoms with van der Waals surface area (Å²) in [5.74, 6) is 0. The Morgan fingerprint density at radius 1 is 0.216 bits per heavy atom. The summed E-state index contributed by atoms with van der Waals surface area (Å²) in [7, 11) is 0. The molecule has 340 valence electrons. The molecule has 0 aliphatic heterocycles. The maximum atomic E-state index is 10.9. The van der Waals surface area contributed by atoms with E-state index in [0.29, 0.717) is 0 Å². The van der Waals surface area contributed by atoms with Gasteiger partial charge in [-0.25, -0.2) is 0 Å². The van der Waals surface area contributed by atoms with Crippen LogP contribution in [0.1, 0.15) is 54.8 Å². The van der Waals surface area contributed by atoms with Crippen LogP contribution in [-0.4, -0.2) is 0 Å². The van der Waals surface area contributed by atoms with Crippen molar-refractivity contribution in [2.24, 2.45) is 0 Å². The number of furan rings is 2. The summed E-state index contributed by atoms with van der Waals surface area (Å²) in [6.07, 6.45) is 0. The Labute approximate surface area is 480 Å². The van der Waals surface area contributed by atoms with Gasteiger partial charge in [0.05, 0.1) is 54.8 Å². The second-order valence-corrected chi connectivity index (χ2v) is 17.0. The van der Waals surface area contributed by atoms with Crippen molar-refractivity contribution in [3.8, 4) is 55.6 Å². The van der Waals surface area contributed by atoms with Crippen LogP contribution in [0.5, 0.6) is 0 Å². The molecule has 2 aromatic heterocycles. The molecule has 0 spiro atoms. The highest BCUT2D eigenvalue weighted by Gasteiger charge is 2.23. The Kier molecular flexibility index (Phi) is 3.58. The first-order chi connectivity index (χ1) is 53.4. The summed E-state index contributed by atoms with van der Waals surface area (Å²) in [5, 5.41) is -11.7. The molecule has 0 atom stereocenters. The fraction of sp³-hybridized carbons (Fsp3) is 0. The van der Waals surface area contributed by atoms with Crippen molar-refractivity contribution in [3.63, 3.8) is 0 Å². The van der Waals surface area contributed by atoms with Gasteiger partial charge < -0.3 is 8.83 Å². The third kappa shape index (κ3) is 5.65. The third-order valence-corrected chi connectivity index (χ3v) is 13.1. The maximum Gasteiger partial charge on any atom is 0.143 e. The normalized spacial score (nSPS) is 19.9. The van der Waals surface area contributed by atoms with Gasteiger partial charge in [-0.3, -0.25) is 0 Å². The lowest BCUT2D eigenvalue weighted by molar-refractivity contribution is 0.669. The smallest absolute Gasteiger partial charge is 0.143 e. The van der Waals surface area contributed by atoms with E-state index in [9.17, 15) is 32.9 Å². The number of para-hydroxylation sites is 2. The molecule has 2 heteroatoms. The van der Waals surface area contributed by atoms with Crippen molar-refractivity contribution in [2.75, 3.05) is 0 Å². The van der Waals surface area contributed by atoms with E-state index in [1.165, 1.54) is 0 Å². The quantitative estimate of drug-likeness (QED) is 0.161. The number of fused-ring (bicyclic) bond motifs is 7. The predicted molar refractivity (Wildman–Crippen MR) is 313 cm³/mol. The Morgan fingerprint density at radius 2 is 0.595 bits per heavy atom. The zero-order chi connectivity index (χ0) is 83.0. The molecular weight excluding hydrogens is 897 g/mol. The van der Waals surface area contributed by atoms with Gasteiger partial charge in [-0.15, -0.1) is 0 Å². The van der Waals surface area contributed by atoms with Gasteiger partial charge in [0, 0.05) is 32.7 Å². The van der Waals surface area contributed by atoms with E-state index in [1.54, 1.807) is 0 Å². The zero-order valence-electron chi connectivity index (χ0n) is 76.8. The molecule has 0 unspecified atom stereocenters. The van der Waals surface area contributed by atoms with E-state index < -0.39 is 417 Å². The Bertz CT molecular complexity index is 7200. The van der Waals surface area contributed by atoms with Crippen LogP contribution in [0, 0.1) is 0 Å². The largest absolute Gasteiger partial charge is 0.455 e. The monoisotopic (exact) mass is 977 g/mol. The molecule has 2 heterocycles. The van der Waals surface area contributed by atoms with Gasteiger partial charge in [0.25, 0.3) is 0 Å². The van der Waals surface area contributed by atoms with Crippen LogP contribution in [0.15, 0.2) is 251 Å². The molecule has 0 radical (unpaired) electrons. The molecule has 17 aromatic rings. The summed E-state index contributed by atoms with van der Waals surface area (Å²) < 4.78 is 394. The molecule has 0 fully saturated rings. The van der Waals surface area contributed by atoms with E-state index in [-0.39, 0.29) is 0 Å². The van der Waals surface area contributed by atoms with Crippen LogP contribution in [0.25, 0.3) is 175 Å². The minimum atomic E-state index is -1.42. The van der Waals surface area contributed by atoms with E-state index in [4.69, 9.17) is 30.8 Å². The first-order valence-electron chi connectivity index (χ1n) is 42.3. The van der Waals surface area contributed by atoms with Crippen LogP contribution < -0.4 is 0 Å². The number of hydrogen-bond donors (Lipinski definition) is 0. The highest BCUT2D eigenvalue weighted by atomic mass is 16.3. The summed E-state index contributed by atoms with van der Waals surface area (Å²) in [6, 6.07) is -41.5. The van der Waals surface area contributed by atoms with Crippen molar-refractivity contribution >= 4 is 119 Å². The number of hydrogen-bond acceptors (Lipinski definition) is 2. The second kappa shape index (κ2) is 14.9. The van der Waals surface area contributed by atoms with Gasteiger partial charge in [-0.1, -0.05) is 187 Å². The molecular formula is C72H40O2. The van der Waals surface area contributed by atoms with E-state index in [1.807, 2.05) is 0 Å². The number of benzene rings is 15. The molecule has 0 N–H and O–H groups in total. The van der Waals surface area contributed by atoms with Crippen molar-refractivity contribution in [2.45, 2.75) is 0 Å². The molecule has 17 rings (SSSR count). The zero-order valence-corrected chi connectivity index (χ0v) is 36.8. The fourth-order valence-corrected chi connectivity index (χ4v) is 9.85. The lowest BCUT2D eigenvalue weighted by atomic mass is 9.86. The van der Waals surface area contributed by atoms with E-state index in [0.717, 1.165) is 0 Å². The highest BCUT2D eigenvalue weighted by Crippen LogP contribution is 2.48. The minimum Gasteiger partial charge on any atom is -0.455 e. The SMILES string of the molecule is [2H]c1c(-c2c([2H])c(-c3c([2H])c([2H])c4c([2H])c([2H])c5c([2H])c([2H])c([2H])c6c([2H])c([2H])c3c4c56)c3oc4c([2H])c([2H])c([2H])c([2H])c4c3c2[2H])c([2H])c(-c2c([2H])c([2H])c([2H])c3c([2H])c([2H])c([2H])c([2H])c23)c([2H])c1-c1c([2H])c(-c2c([2H])c([2H])c3c([2H])c([2H])c4c([2H])c([2H])c([2H])c5c([2H])c([2H])c2c3c45)c2oc3c([2H])c([2H])c([2H])c([2H])c3c2c1[2H]. The summed E-state index contributed by atoms with van der Waals surface area (Å²) >= 11 is 0. The molecule has 0 aliphatic rings. The highest BCUT2D eigenvalue weighted by molar-refractivity contribution is 6.28. The van der Waals surface area contributed by atoms with Gasteiger partial charge in [0.1, 0.15) is 22.3 Å². The van der Waals surface area contributed by atoms with E-state index >= 15 is 0 Å². The lowest BCUT2D eigenvalue weighted by Gasteiger charge is -2.17. The van der Waals surface area contributed by atoms with Crippen molar-refractivity contribution in [3.05, 3.63) is 242 Å². The molecule has 15 aromatic carbocycles. The molecule has 74 heavy (non-hydrogen) atoms. The lowest BCUT2D eigenvalue weighted by Crippen LogP contribution is -1.91. The van der Waals surface area contributed by atoms with Gasteiger partial charge >= 0.3 is 0 Å². The molecule has 0 saturated heterocycles. The van der Waals surface area contributed by atoms with E-state index in [2.05, 4.69) is 0 Å². The maximum absolute atomic E-state index is 10.9. The molecule has 2 nitrogen and oxygen atoms in total. The fourth-order valence-electron chi connectivity index (χ4n) is 9.85. The van der Waals surface area contributed by atoms with Crippen molar-refractivity contribution in [1.82, 2.24) is 0 Å². The van der Waals surface area contributed by atoms with Crippen LogP contribution in [0.2, 0.25) is 0 Å². The Hall–Kier alpha value is -9.76.